The standard InChI is InChI=1S/C18H36N2/c1-13(2)15(5)20-12-17(16-9-7-6-8-10-16)19-11-18(20)14(3)4/h13-19H,6-12H2,1-5H3. The van der Waals surface area contributed by atoms with Gasteiger partial charge in [0.15, 0.2) is 0 Å². The summed E-state index contributed by atoms with van der Waals surface area (Å²) in [7, 11) is 0. The highest BCUT2D eigenvalue weighted by Gasteiger charge is 2.36. The van der Waals surface area contributed by atoms with Crippen molar-refractivity contribution in [3.63, 3.8) is 0 Å². The molecule has 0 radical (unpaired) electrons. The summed E-state index contributed by atoms with van der Waals surface area (Å²) in [5.74, 6) is 2.43. The van der Waals surface area contributed by atoms with Crippen molar-refractivity contribution in [3.05, 3.63) is 0 Å². The first-order chi connectivity index (χ1) is 9.50. The van der Waals surface area contributed by atoms with Gasteiger partial charge in [-0.15, -0.1) is 0 Å². The Morgan fingerprint density at radius 1 is 0.950 bits per heavy atom. The average Bonchev–Trinajstić information content (AvgIpc) is 2.46. The van der Waals surface area contributed by atoms with Crippen molar-refractivity contribution in [1.82, 2.24) is 10.2 Å². The molecule has 118 valence electrons. The Kier molecular flexibility index (Phi) is 5.92. The van der Waals surface area contributed by atoms with Crippen LogP contribution in [0, 0.1) is 17.8 Å². The summed E-state index contributed by atoms with van der Waals surface area (Å²) in [5.41, 5.74) is 0. The van der Waals surface area contributed by atoms with Crippen molar-refractivity contribution in [2.45, 2.75) is 84.8 Å². The van der Waals surface area contributed by atoms with E-state index >= 15 is 0 Å². The molecule has 1 aliphatic carbocycles. The number of nitrogens with one attached hydrogen (secondary N) is 1. The van der Waals surface area contributed by atoms with Crippen molar-refractivity contribution in [2.24, 2.45) is 17.8 Å². The summed E-state index contributed by atoms with van der Waals surface area (Å²) in [6.45, 7) is 14.4. The molecule has 0 aromatic rings. The maximum absolute atomic E-state index is 3.90. The van der Waals surface area contributed by atoms with Crippen molar-refractivity contribution in [1.29, 1.82) is 0 Å². The van der Waals surface area contributed by atoms with Gasteiger partial charge in [-0.2, -0.15) is 0 Å². The van der Waals surface area contributed by atoms with Crippen LogP contribution in [0.2, 0.25) is 0 Å². The van der Waals surface area contributed by atoms with E-state index in [-0.39, 0.29) is 0 Å². The average molecular weight is 280 g/mol. The molecule has 2 fully saturated rings. The van der Waals surface area contributed by atoms with E-state index in [1.807, 2.05) is 0 Å². The number of hydrogen-bond acceptors (Lipinski definition) is 2. The van der Waals surface area contributed by atoms with E-state index in [0.29, 0.717) is 12.1 Å². The van der Waals surface area contributed by atoms with E-state index < -0.39 is 0 Å². The molecule has 0 aromatic heterocycles. The number of nitrogens with zero attached hydrogens (tertiary/aromatic N) is 1. The Bertz CT molecular complexity index is 281. The predicted molar refractivity (Wildman–Crippen MR) is 88.0 cm³/mol. The third kappa shape index (κ3) is 3.76. The lowest BCUT2D eigenvalue weighted by atomic mass is 9.81. The second-order valence-corrected chi connectivity index (χ2v) is 7.91. The summed E-state index contributed by atoms with van der Waals surface area (Å²) in [6, 6.07) is 2.16. The van der Waals surface area contributed by atoms with Gasteiger partial charge in [0.1, 0.15) is 0 Å². The van der Waals surface area contributed by atoms with Crippen LogP contribution in [0.25, 0.3) is 0 Å². The fourth-order valence-electron chi connectivity index (χ4n) is 4.14. The van der Waals surface area contributed by atoms with Crippen LogP contribution in [-0.2, 0) is 0 Å². The van der Waals surface area contributed by atoms with Crippen molar-refractivity contribution < 1.29 is 0 Å². The Labute approximate surface area is 126 Å². The summed E-state index contributed by atoms with van der Waals surface area (Å²) in [5, 5.41) is 3.90. The second kappa shape index (κ2) is 7.26. The van der Waals surface area contributed by atoms with Crippen LogP contribution in [0.3, 0.4) is 0 Å². The maximum Gasteiger partial charge on any atom is 0.0247 e. The lowest BCUT2D eigenvalue weighted by Gasteiger charge is -2.49. The zero-order chi connectivity index (χ0) is 14.7. The highest BCUT2D eigenvalue weighted by molar-refractivity contribution is 4.94. The normalized spacial score (nSPS) is 31.9. The Balaban J connectivity index is 2.02. The van der Waals surface area contributed by atoms with Gasteiger partial charge >= 0.3 is 0 Å². The van der Waals surface area contributed by atoms with E-state index in [9.17, 15) is 0 Å². The second-order valence-electron chi connectivity index (χ2n) is 7.91. The Morgan fingerprint density at radius 3 is 2.15 bits per heavy atom. The van der Waals surface area contributed by atoms with E-state index in [1.165, 1.54) is 45.2 Å². The molecule has 3 atom stereocenters. The zero-order valence-corrected chi connectivity index (χ0v) is 14.4. The predicted octanol–water partition coefficient (Wildman–Crippen LogP) is 3.91. The molecular weight excluding hydrogens is 244 g/mol. The molecule has 2 nitrogen and oxygen atoms in total. The molecule has 1 aliphatic heterocycles. The largest absolute Gasteiger partial charge is 0.311 e. The van der Waals surface area contributed by atoms with Crippen molar-refractivity contribution in [2.75, 3.05) is 13.1 Å². The van der Waals surface area contributed by atoms with Crippen LogP contribution in [-0.4, -0.2) is 36.1 Å². The fraction of sp³-hybridized carbons (Fsp3) is 1.00. The summed E-state index contributed by atoms with van der Waals surface area (Å²) in [4.78, 5) is 2.82. The lowest BCUT2D eigenvalue weighted by Crippen LogP contribution is -2.63. The van der Waals surface area contributed by atoms with Gasteiger partial charge in [-0.25, -0.2) is 0 Å². The molecule has 1 saturated heterocycles. The highest BCUT2D eigenvalue weighted by Crippen LogP contribution is 2.30. The molecule has 20 heavy (non-hydrogen) atoms. The van der Waals surface area contributed by atoms with Crippen molar-refractivity contribution >= 4 is 0 Å². The minimum absolute atomic E-state index is 0.704. The lowest BCUT2D eigenvalue weighted by molar-refractivity contribution is 0.0267. The van der Waals surface area contributed by atoms with Gasteiger partial charge in [-0.3, -0.25) is 4.90 Å². The van der Waals surface area contributed by atoms with Gasteiger partial charge in [0.05, 0.1) is 0 Å². The molecule has 0 bridgehead atoms. The highest BCUT2D eigenvalue weighted by atomic mass is 15.3. The van der Waals surface area contributed by atoms with E-state index in [2.05, 4.69) is 44.8 Å². The molecule has 1 N–H and O–H groups in total. The van der Waals surface area contributed by atoms with Gasteiger partial charge in [0.25, 0.3) is 0 Å². The molecule has 0 spiro atoms. The topological polar surface area (TPSA) is 15.3 Å². The molecule has 0 aromatic carbocycles. The first-order valence-electron chi connectivity index (χ1n) is 8.99. The molecule has 2 heteroatoms. The Hall–Kier alpha value is -0.0800. The number of hydrogen-bond donors (Lipinski definition) is 1. The van der Waals surface area contributed by atoms with E-state index in [0.717, 1.165) is 23.8 Å². The minimum Gasteiger partial charge on any atom is -0.311 e. The molecule has 0 amide bonds. The summed E-state index contributed by atoms with van der Waals surface area (Å²) < 4.78 is 0. The first-order valence-corrected chi connectivity index (χ1v) is 8.99. The van der Waals surface area contributed by atoms with Gasteiger partial charge in [-0.1, -0.05) is 47.0 Å². The number of piperazine rings is 1. The van der Waals surface area contributed by atoms with Gasteiger partial charge in [-0.05, 0) is 37.5 Å². The molecule has 2 rings (SSSR count). The zero-order valence-electron chi connectivity index (χ0n) is 14.4. The van der Waals surface area contributed by atoms with E-state index in [1.54, 1.807) is 0 Å². The van der Waals surface area contributed by atoms with Crippen LogP contribution in [0.15, 0.2) is 0 Å². The molecule has 3 unspecified atom stereocenters. The molecule has 2 aliphatic rings. The molecule has 1 heterocycles. The van der Waals surface area contributed by atoms with E-state index in [4.69, 9.17) is 0 Å². The molecule has 1 saturated carbocycles. The Morgan fingerprint density at radius 2 is 1.60 bits per heavy atom. The van der Waals surface area contributed by atoms with Crippen molar-refractivity contribution in [3.8, 4) is 0 Å². The van der Waals surface area contributed by atoms with Crippen LogP contribution in [0.5, 0.6) is 0 Å². The van der Waals surface area contributed by atoms with Crippen LogP contribution in [0.1, 0.15) is 66.7 Å². The summed E-state index contributed by atoms with van der Waals surface area (Å²) in [6.07, 6.45) is 7.28. The minimum atomic E-state index is 0.704. The smallest absolute Gasteiger partial charge is 0.0247 e. The fourth-order valence-corrected chi connectivity index (χ4v) is 4.14. The summed E-state index contributed by atoms with van der Waals surface area (Å²) >= 11 is 0. The quantitative estimate of drug-likeness (QED) is 0.840. The van der Waals surface area contributed by atoms with Gasteiger partial charge in [0.2, 0.25) is 0 Å². The monoisotopic (exact) mass is 280 g/mol. The number of rotatable bonds is 4. The van der Waals surface area contributed by atoms with Gasteiger partial charge in [0, 0.05) is 31.2 Å². The van der Waals surface area contributed by atoms with Crippen LogP contribution >= 0.6 is 0 Å². The third-order valence-corrected chi connectivity index (χ3v) is 5.90. The third-order valence-electron chi connectivity index (χ3n) is 5.90. The van der Waals surface area contributed by atoms with Gasteiger partial charge < -0.3 is 5.32 Å². The van der Waals surface area contributed by atoms with Crippen LogP contribution in [0.4, 0.5) is 0 Å². The SMILES string of the molecule is CC(C)C(C)N1CC(C2CCCCC2)NCC1C(C)C. The maximum atomic E-state index is 3.90. The molecular formula is C18H36N2. The van der Waals surface area contributed by atoms with Crippen LogP contribution < -0.4 is 5.32 Å². The first kappa shape index (κ1) is 16.3.